The largest absolute Gasteiger partial charge is 0.277 e. The third kappa shape index (κ3) is 5.11. The summed E-state index contributed by atoms with van der Waals surface area (Å²) < 4.78 is 0. The Balaban J connectivity index is 4.99. The summed E-state index contributed by atoms with van der Waals surface area (Å²) >= 11 is 0. The first-order valence-electron chi connectivity index (χ1n) is 6.39. The third-order valence-corrected chi connectivity index (χ3v) is 3.00. The predicted octanol–water partition coefficient (Wildman–Crippen LogP) is 3.26. The zero-order valence-electron chi connectivity index (χ0n) is 12.4. The van der Waals surface area contributed by atoms with Crippen molar-refractivity contribution in [3.63, 3.8) is 0 Å². The van der Waals surface area contributed by atoms with Gasteiger partial charge in [0.15, 0.2) is 5.60 Å². The second kappa shape index (κ2) is 6.81. The van der Waals surface area contributed by atoms with Crippen LogP contribution in [0.3, 0.4) is 0 Å². The Morgan fingerprint density at radius 3 is 2.33 bits per heavy atom. The van der Waals surface area contributed by atoms with Gasteiger partial charge in [-0.2, -0.15) is 15.2 Å². The molecule has 1 unspecified atom stereocenters. The fraction of sp³-hybridized carbons (Fsp3) is 0.923. The summed E-state index contributed by atoms with van der Waals surface area (Å²) in [5, 5.41) is 13.8. The van der Waals surface area contributed by atoms with Gasteiger partial charge in [-0.15, -0.1) is 0 Å². The highest BCUT2D eigenvalue weighted by Gasteiger charge is 2.35. The monoisotopic (exact) mass is 255 g/mol. The van der Waals surface area contributed by atoms with Crippen LogP contribution in [0.15, 0.2) is 5.18 Å². The average molecular weight is 255 g/mol. The fourth-order valence-electron chi connectivity index (χ4n) is 1.67. The van der Waals surface area contributed by atoms with Gasteiger partial charge in [-0.05, 0) is 47.5 Å². The van der Waals surface area contributed by atoms with Crippen molar-refractivity contribution < 1.29 is 4.84 Å². The van der Waals surface area contributed by atoms with E-state index in [1.54, 1.807) is 13.8 Å². The quantitative estimate of drug-likeness (QED) is 0.493. The van der Waals surface area contributed by atoms with Crippen molar-refractivity contribution >= 4 is 0 Å². The van der Waals surface area contributed by atoms with E-state index in [1.807, 2.05) is 25.8 Å². The lowest BCUT2D eigenvalue weighted by molar-refractivity contribution is -0.280. The van der Waals surface area contributed by atoms with Gasteiger partial charge in [0, 0.05) is 11.6 Å². The minimum atomic E-state index is -0.880. The molecule has 0 aromatic carbocycles. The van der Waals surface area contributed by atoms with Crippen molar-refractivity contribution in [3.05, 3.63) is 4.91 Å². The molecule has 0 radical (unpaired) electrons. The summed E-state index contributed by atoms with van der Waals surface area (Å²) in [6, 6.07) is 2.30. The third-order valence-electron chi connectivity index (χ3n) is 3.00. The first kappa shape index (κ1) is 17.0. The topological polar surface area (TPSA) is 65.7 Å². The van der Waals surface area contributed by atoms with Gasteiger partial charge >= 0.3 is 0 Å². The van der Waals surface area contributed by atoms with Crippen molar-refractivity contribution in [1.82, 2.24) is 5.06 Å². The van der Waals surface area contributed by atoms with Crippen LogP contribution in [0.4, 0.5) is 0 Å². The van der Waals surface area contributed by atoms with Crippen LogP contribution in [-0.2, 0) is 4.84 Å². The van der Waals surface area contributed by atoms with Gasteiger partial charge in [-0.1, -0.05) is 12.1 Å². The van der Waals surface area contributed by atoms with Crippen molar-refractivity contribution in [2.75, 3.05) is 6.54 Å². The van der Waals surface area contributed by atoms with Crippen LogP contribution in [0, 0.1) is 16.2 Å². The Morgan fingerprint density at radius 1 is 1.39 bits per heavy atom. The van der Waals surface area contributed by atoms with E-state index in [0.29, 0.717) is 6.42 Å². The standard InChI is InChI=1S/C13H25N3O2/c1-7-11(2)16(18-13(5,6)10-14)12(3,4)8-9-15-17/h11H,7-9H2,1-6H3. The molecular weight excluding hydrogens is 230 g/mol. The van der Waals surface area contributed by atoms with E-state index in [4.69, 9.17) is 10.1 Å². The molecule has 5 heteroatoms. The second-order valence-corrected chi connectivity index (χ2v) is 5.71. The number of nitroso groups, excluding NO2 is 1. The molecule has 0 rings (SSSR count). The molecule has 18 heavy (non-hydrogen) atoms. The van der Waals surface area contributed by atoms with Gasteiger partial charge in [0.2, 0.25) is 0 Å². The number of rotatable bonds is 8. The lowest BCUT2D eigenvalue weighted by atomic mass is 9.98. The van der Waals surface area contributed by atoms with E-state index >= 15 is 0 Å². The van der Waals surface area contributed by atoms with E-state index in [-0.39, 0.29) is 18.1 Å². The maximum Gasteiger partial charge on any atom is 0.170 e. The molecule has 0 aliphatic carbocycles. The van der Waals surface area contributed by atoms with Crippen molar-refractivity contribution in [1.29, 1.82) is 5.26 Å². The van der Waals surface area contributed by atoms with E-state index in [1.165, 1.54) is 0 Å². The molecule has 104 valence electrons. The molecule has 0 saturated carbocycles. The van der Waals surface area contributed by atoms with Crippen LogP contribution in [0.25, 0.3) is 0 Å². The summed E-state index contributed by atoms with van der Waals surface area (Å²) in [6.45, 7) is 11.8. The molecule has 0 spiro atoms. The smallest absolute Gasteiger partial charge is 0.170 e. The highest BCUT2D eigenvalue weighted by molar-refractivity contribution is 4.95. The summed E-state index contributed by atoms with van der Waals surface area (Å²) in [7, 11) is 0. The molecule has 0 amide bonds. The summed E-state index contributed by atoms with van der Waals surface area (Å²) in [6.07, 6.45) is 1.50. The average Bonchev–Trinajstić information content (AvgIpc) is 2.32. The highest BCUT2D eigenvalue weighted by Crippen LogP contribution is 2.27. The molecule has 0 aliphatic rings. The van der Waals surface area contributed by atoms with Crippen LogP contribution in [0.2, 0.25) is 0 Å². The Hall–Kier alpha value is -0.990. The minimum absolute atomic E-state index is 0.166. The number of hydrogen-bond donors (Lipinski definition) is 0. The van der Waals surface area contributed by atoms with Crippen LogP contribution >= 0.6 is 0 Å². The van der Waals surface area contributed by atoms with Gasteiger partial charge in [0.05, 0.1) is 12.6 Å². The van der Waals surface area contributed by atoms with E-state index < -0.39 is 5.60 Å². The van der Waals surface area contributed by atoms with E-state index in [9.17, 15) is 4.91 Å². The van der Waals surface area contributed by atoms with Crippen LogP contribution < -0.4 is 0 Å². The molecule has 1 atom stereocenters. The predicted molar refractivity (Wildman–Crippen MR) is 71.7 cm³/mol. The van der Waals surface area contributed by atoms with Gasteiger partial charge in [-0.3, -0.25) is 4.84 Å². The normalized spacial score (nSPS) is 14.3. The van der Waals surface area contributed by atoms with Crippen molar-refractivity contribution in [3.8, 4) is 6.07 Å². The molecule has 0 aromatic rings. The zero-order chi connectivity index (χ0) is 14.4. The van der Waals surface area contributed by atoms with Crippen LogP contribution in [0.5, 0.6) is 0 Å². The number of nitriles is 1. The molecule has 0 aliphatic heterocycles. The van der Waals surface area contributed by atoms with Crippen molar-refractivity contribution in [2.24, 2.45) is 5.18 Å². The highest BCUT2D eigenvalue weighted by atomic mass is 16.7. The SMILES string of the molecule is CCC(C)N(OC(C)(C)C#N)C(C)(C)CCN=O. The molecule has 5 nitrogen and oxygen atoms in total. The first-order chi connectivity index (χ1) is 8.20. The molecular formula is C13H25N3O2. The molecule has 0 aromatic heterocycles. The molecule has 0 fully saturated rings. The van der Waals surface area contributed by atoms with Crippen molar-refractivity contribution in [2.45, 2.75) is 71.6 Å². The zero-order valence-corrected chi connectivity index (χ0v) is 12.4. The Bertz CT molecular complexity index is 308. The van der Waals surface area contributed by atoms with Crippen LogP contribution in [-0.4, -0.2) is 28.8 Å². The number of nitrogens with zero attached hydrogens (tertiary/aromatic N) is 3. The Labute approximate surface area is 110 Å². The Morgan fingerprint density at radius 2 is 1.94 bits per heavy atom. The summed E-state index contributed by atoms with van der Waals surface area (Å²) in [5.41, 5.74) is -1.22. The second-order valence-electron chi connectivity index (χ2n) is 5.71. The summed E-state index contributed by atoms with van der Waals surface area (Å²) in [5.74, 6) is 0. The molecule has 0 N–H and O–H groups in total. The van der Waals surface area contributed by atoms with Gasteiger partial charge in [0.25, 0.3) is 0 Å². The minimum Gasteiger partial charge on any atom is -0.277 e. The van der Waals surface area contributed by atoms with E-state index in [2.05, 4.69) is 18.2 Å². The molecule has 0 heterocycles. The summed E-state index contributed by atoms with van der Waals surface area (Å²) in [4.78, 5) is 16.1. The van der Waals surface area contributed by atoms with Gasteiger partial charge in [-0.25, -0.2) is 0 Å². The first-order valence-corrected chi connectivity index (χ1v) is 6.39. The van der Waals surface area contributed by atoms with Gasteiger partial charge < -0.3 is 0 Å². The van der Waals surface area contributed by atoms with Crippen LogP contribution in [0.1, 0.15) is 54.4 Å². The lowest BCUT2D eigenvalue weighted by Gasteiger charge is -2.43. The Kier molecular flexibility index (Phi) is 6.44. The number of hydrogen-bond acceptors (Lipinski definition) is 5. The fourth-order valence-corrected chi connectivity index (χ4v) is 1.67. The maximum absolute atomic E-state index is 10.3. The van der Waals surface area contributed by atoms with Gasteiger partial charge in [0.1, 0.15) is 0 Å². The maximum atomic E-state index is 10.3. The molecule has 0 saturated heterocycles. The molecule has 0 bridgehead atoms. The number of hydroxylamine groups is 2. The lowest BCUT2D eigenvalue weighted by Crippen LogP contribution is -2.52. The van der Waals surface area contributed by atoms with E-state index in [0.717, 1.165) is 6.42 Å².